The third-order valence-corrected chi connectivity index (χ3v) is 3.08. The molecule has 1 amide bonds. The number of carbonyl (C=O) groups excluding carboxylic acids is 1. The minimum Gasteiger partial charge on any atom is -0.270 e. The summed E-state index contributed by atoms with van der Waals surface area (Å²) in [7, 11) is 3.86. The van der Waals surface area contributed by atoms with Gasteiger partial charge in [-0.15, -0.1) is 4.99 Å². The Kier molecular flexibility index (Phi) is 3.74. The van der Waals surface area contributed by atoms with Crippen LogP contribution in [0.1, 0.15) is 26.2 Å². The molecule has 0 spiro atoms. The largest absolute Gasteiger partial charge is 0.276 e. The van der Waals surface area contributed by atoms with Crippen LogP contribution in [-0.4, -0.2) is 48.1 Å². The van der Waals surface area contributed by atoms with Crippen LogP contribution in [-0.2, 0) is 4.79 Å². The van der Waals surface area contributed by atoms with Gasteiger partial charge in [-0.05, 0) is 19.3 Å². The van der Waals surface area contributed by atoms with Gasteiger partial charge >= 0.3 is 0 Å². The molecule has 1 saturated heterocycles. The highest BCUT2D eigenvalue weighted by Crippen LogP contribution is 2.33. The molecule has 15 heavy (non-hydrogen) atoms. The number of carbonyl (C=O) groups is 1. The van der Waals surface area contributed by atoms with Crippen LogP contribution in [0.3, 0.4) is 0 Å². The molecule has 1 fully saturated rings. The minimum absolute atomic E-state index is 0.244. The first kappa shape index (κ1) is 12.0. The van der Waals surface area contributed by atoms with Crippen molar-refractivity contribution in [2.75, 3.05) is 20.6 Å². The summed E-state index contributed by atoms with van der Waals surface area (Å²) >= 11 is 0. The van der Waals surface area contributed by atoms with E-state index in [0.717, 1.165) is 25.8 Å². The van der Waals surface area contributed by atoms with E-state index in [1.807, 2.05) is 37.0 Å². The molecule has 1 aliphatic heterocycles. The lowest BCUT2D eigenvalue weighted by Crippen LogP contribution is -2.54. The first-order valence-corrected chi connectivity index (χ1v) is 5.20. The molecule has 0 aliphatic carbocycles. The molecule has 1 heterocycles. The summed E-state index contributed by atoms with van der Waals surface area (Å²) in [4.78, 5) is 15.4. The number of nitrogens with zero attached hydrogens (tertiary/aromatic N) is 3. The first-order chi connectivity index (χ1) is 7.08. The van der Waals surface area contributed by atoms with Crippen LogP contribution in [0.15, 0.2) is 4.99 Å². The second-order valence-electron chi connectivity index (χ2n) is 3.99. The highest BCUT2D eigenvalue weighted by molar-refractivity contribution is 5.90. The second kappa shape index (κ2) is 4.66. The maximum atomic E-state index is 11.9. The van der Waals surface area contributed by atoms with Crippen LogP contribution in [0.5, 0.6) is 0 Å². The Labute approximate surface area is 90.2 Å². The van der Waals surface area contributed by atoms with Crippen molar-refractivity contribution in [1.82, 2.24) is 10.0 Å². The summed E-state index contributed by atoms with van der Waals surface area (Å²) in [6, 6.07) is 1.84. The zero-order valence-electron chi connectivity index (χ0n) is 9.58. The number of nitrogens with one attached hydrogen (secondary N) is 1. The molecular formula is C10H18N4O. The molecule has 84 valence electrons. The maximum absolute atomic E-state index is 11.9. The molecule has 1 aliphatic rings. The molecule has 0 unspecified atom stereocenters. The lowest BCUT2D eigenvalue weighted by Gasteiger charge is -2.38. The monoisotopic (exact) mass is 210 g/mol. The summed E-state index contributed by atoms with van der Waals surface area (Å²) in [6.45, 7) is 2.86. The van der Waals surface area contributed by atoms with Crippen molar-refractivity contribution >= 4 is 11.9 Å². The smallest absolute Gasteiger partial charge is 0.270 e. The van der Waals surface area contributed by atoms with E-state index in [-0.39, 0.29) is 5.91 Å². The van der Waals surface area contributed by atoms with Gasteiger partial charge in [0.15, 0.2) is 0 Å². The third-order valence-electron chi connectivity index (χ3n) is 3.08. The Morgan fingerprint density at radius 3 is 2.80 bits per heavy atom. The first-order valence-electron chi connectivity index (χ1n) is 5.20. The molecule has 0 aromatic rings. The lowest BCUT2D eigenvalue weighted by molar-refractivity contribution is -0.138. The fourth-order valence-electron chi connectivity index (χ4n) is 2.33. The van der Waals surface area contributed by atoms with Gasteiger partial charge in [0.1, 0.15) is 5.54 Å². The lowest BCUT2D eigenvalue weighted by atomic mass is 9.93. The van der Waals surface area contributed by atoms with Crippen molar-refractivity contribution < 1.29 is 4.79 Å². The zero-order chi connectivity index (χ0) is 11.5. The van der Waals surface area contributed by atoms with Crippen molar-refractivity contribution in [2.24, 2.45) is 4.99 Å². The van der Waals surface area contributed by atoms with Crippen LogP contribution in [0.25, 0.3) is 0 Å². The minimum atomic E-state index is -0.544. The Bertz CT molecular complexity index is 296. The van der Waals surface area contributed by atoms with Crippen molar-refractivity contribution in [1.29, 1.82) is 5.41 Å². The Hall–Kier alpha value is -1.03. The molecule has 1 N–H and O–H groups in total. The van der Waals surface area contributed by atoms with Crippen LogP contribution in [0.2, 0.25) is 0 Å². The van der Waals surface area contributed by atoms with Gasteiger partial charge in [-0.2, -0.15) is 0 Å². The Balaban J connectivity index is 3.01. The van der Waals surface area contributed by atoms with Gasteiger partial charge in [-0.1, -0.05) is 6.92 Å². The van der Waals surface area contributed by atoms with Crippen molar-refractivity contribution in [2.45, 2.75) is 31.7 Å². The summed E-state index contributed by atoms with van der Waals surface area (Å²) in [5, 5.41) is 10.7. The molecule has 5 nitrogen and oxygen atoms in total. The van der Waals surface area contributed by atoms with Gasteiger partial charge < -0.3 is 0 Å². The van der Waals surface area contributed by atoms with E-state index in [0.29, 0.717) is 0 Å². The molecule has 1 atom stereocenters. The van der Waals surface area contributed by atoms with E-state index in [1.165, 1.54) is 0 Å². The molecule has 0 aromatic heterocycles. The number of aliphatic imine (C=N–C) groups is 1. The van der Waals surface area contributed by atoms with Crippen molar-refractivity contribution in [3.8, 4) is 0 Å². The zero-order valence-corrected chi connectivity index (χ0v) is 9.58. The third kappa shape index (κ3) is 2.00. The molecule has 0 radical (unpaired) electrons. The van der Waals surface area contributed by atoms with Gasteiger partial charge in [-0.25, -0.2) is 15.4 Å². The van der Waals surface area contributed by atoms with Gasteiger partial charge in [0.25, 0.3) is 5.91 Å². The summed E-state index contributed by atoms with van der Waals surface area (Å²) in [6.07, 6.45) is 2.52. The van der Waals surface area contributed by atoms with E-state index in [1.54, 1.807) is 0 Å². The quantitative estimate of drug-likeness (QED) is 0.706. The number of hydrogen-bond acceptors (Lipinski definition) is 4. The number of hydrogen-bond donors (Lipinski definition) is 1. The van der Waals surface area contributed by atoms with Gasteiger partial charge in [0.05, 0.1) is 6.01 Å². The van der Waals surface area contributed by atoms with E-state index in [2.05, 4.69) is 4.99 Å². The Morgan fingerprint density at radius 1 is 1.67 bits per heavy atom. The SMILES string of the molecule is CC[C@@]1(C(=O)N=C=N)CCCN1N(C)C. The van der Waals surface area contributed by atoms with Crippen molar-refractivity contribution in [3.63, 3.8) is 0 Å². The van der Waals surface area contributed by atoms with Gasteiger partial charge in [-0.3, -0.25) is 4.79 Å². The fraction of sp³-hybridized carbons (Fsp3) is 0.800. The summed E-state index contributed by atoms with van der Waals surface area (Å²) < 4.78 is 0. The molecular weight excluding hydrogens is 192 g/mol. The molecule has 0 bridgehead atoms. The topological polar surface area (TPSA) is 59.8 Å². The normalized spacial score (nSPS) is 26.7. The van der Waals surface area contributed by atoms with Gasteiger partial charge in [0.2, 0.25) is 0 Å². The van der Waals surface area contributed by atoms with Crippen LogP contribution >= 0.6 is 0 Å². The van der Waals surface area contributed by atoms with E-state index >= 15 is 0 Å². The fourth-order valence-corrected chi connectivity index (χ4v) is 2.33. The molecule has 5 heteroatoms. The van der Waals surface area contributed by atoms with Crippen LogP contribution < -0.4 is 0 Å². The Morgan fingerprint density at radius 2 is 2.33 bits per heavy atom. The molecule has 0 aromatic carbocycles. The highest BCUT2D eigenvalue weighted by Gasteiger charge is 2.47. The standard InChI is InChI=1S/C10H18N4O/c1-4-10(9(15)12-8-11)6-5-7-14(10)13(2)3/h11H,4-7H2,1-3H3/t10-/m0/s1. The maximum Gasteiger partial charge on any atom is 0.276 e. The van der Waals surface area contributed by atoms with Crippen molar-refractivity contribution in [3.05, 3.63) is 0 Å². The average Bonchev–Trinajstić information content (AvgIpc) is 2.62. The summed E-state index contributed by atoms with van der Waals surface area (Å²) in [5.41, 5.74) is -0.544. The molecule has 0 saturated carbocycles. The van der Waals surface area contributed by atoms with Crippen LogP contribution in [0.4, 0.5) is 0 Å². The summed E-state index contributed by atoms with van der Waals surface area (Å²) in [5.74, 6) is -0.244. The van der Waals surface area contributed by atoms with Crippen LogP contribution in [0, 0.1) is 5.41 Å². The predicted molar refractivity (Wildman–Crippen MR) is 57.8 cm³/mol. The number of hydrazine groups is 1. The van der Waals surface area contributed by atoms with E-state index in [9.17, 15) is 4.79 Å². The van der Waals surface area contributed by atoms with E-state index < -0.39 is 5.54 Å². The second-order valence-corrected chi connectivity index (χ2v) is 3.99. The highest BCUT2D eigenvalue weighted by atomic mass is 16.2. The number of amides is 1. The predicted octanol–water partition coefficient (Wildman–Crippen LogP) is 0.987. The van der Waals surface area contributed by atoms with Gasteiger partial charge in [0, 0.05) is 20.6 Å². The molecule has 1 rings (SSSR count). The van der Waals surface area contributed by atoms with E-state index in [4.69, 9.17) is 5.41 Å². The number of rotatable bonds is 3. The average molecular weight is 210 g/mol.